The number of carbonyl (C=O) groups excluding carboxylic acids is 2. The van der Waals surface area contributed by atoms with Crippen LogP contribution in [0.25, 0.3) is 64.0 Å². The average molecular weight is 818 g/mol. The third-order valence-electron chi connectivity index (χ3n) is 10.1. The number of nitrogens with zero attached hydrogens (tertiary/aromatic N) is 4. The molecule has 59 heavy (non-hydrogen) atoms. The summed E-state index contributed by atoms with van der Waals surface area (Å²) in [6.07, 6.45) is 7.67. The molecule has 8 aromatic rings. The summed E-state index contributed by atoms with van der Waals surface area (Å²) in [5.74, 6) is -0.815. The molecular weight excluding hydrogens is 773 g/mol. The average Bonchev–Trinajstić information content (AvgIpc) is 3.90. The zero-order valence-corrected chi connectivity index (χ0v) is 34.7. The summed E-state index contributed by atoms with van der Waals surface area (Å²) in [7, 11) is 0. The maximum Gasteiger partial charge on any atom is 0.311 e. The molecule has 0 bridgehead atoms. The Balaban J connectivity index is 0.000000188. The number of benzene rings is 4. The molecule has 0 radical (unpaired) electrons. The molecule has 4 heterocycles. The molecule has 0 fully saturated rings. The summed E-state index contributed by atoms with van der Waals surface area (Å²) < 4.78 is 36.2. The van der Waals surface area contributed by atoms with Gasteiger partial charge in [-0.25, -0.2) is 0 Å². The van der Waals surface area contributed by atoms with Crippen LogP contribution >= 0.6 is 22.7 Å². The quantitative estimate of drug-likeness (QED) is 0.125. The van der Waals surface area contributed by atoms with Crippen LogP contribution in [0.15, 0.2) is 110 Å². The molecule has 2 unspecified atom stereocenters. The zero-order chi connectivity index (χ0) is 44.2. The van der Waals surface area contributed by atoms with E-state index in [-0.39, 0.29) is 24.9 Å². The molecule has 8 rings (SSSR count). The van der Waals surface area contributed by atoms with Crippen LogP contribution in [0.1, 0.15) is 71.9 Å². The van der Waals surface area contributed by atoms with Gasteiger partial charge >= 0.3 is 11.9 Å². The smallest absolute Gasteiger partial charge is 0.311 e. The van der Waals surface area contributed by atoms with Crippen LogP contribution in [0.3, 0.4) is 0 Å². The van der Waals surface area contributed by atoms with E-state index in [0.29, 0.717) is 24.2 Å². The van der Waals surface area contributed by atoms with Crippen molar-refractivity contribution in [1.82, 2.24) is 9.97 Å². The fourth-order valence-electron chi connectivity index (χ4n) is 7.28. The van der Waals surface area contributed by atoms with Gasteiger partial charge in [-0.1, -0.05) is 67.6 Å². The molecule has 0 aliphatic rings. The Morgan fingerprint density at radius 2 is 1.34 bits per heavy atom. The number of ether oxygens (including phenoxy) is 2. The van der Waals surface area contributed by atoms with E-state index in [2.05, 4.69) is 28.2 Å². The van der Waals surface area contributed by atoms with Gasteiger partial charge in [0.1, 0.15) is 0 Å². The Hall–Kier alpha value is -6.46. The maximum absolute atomic E-state index is 12.6. The Bertz CT molecular complexity index is 3070. The van der Waals surface area contributed by atoms with Crippen molar-refractivity contribution >= 4 is 76.3 Å². The molecule has 10 heteroatoms. The van der Waals surface area contributed by atoms with Gasteiger partial charge in [0.15, 0.2) is 0 Å². The monoisotopic (exact) mass is 817 g/mol. The van der Waals surface area contributed by atoms with E-state index in [4.69, 9.17) is 13.6 Å². The molecular formula is C49H42N4O4S2. The topological polar surface area (TPSA) is 126 Å². The van der Waals surface area contributed by atoms with Crippen molar-refractivity contribution < 1.29 is 23.2 Å². The van der Waals surface area contributed by atoms with E-state index in [9.17, 15) is 20.1 Å². The first-order chi connectivity index (χ1) is 29.8. The van der Waals surface area contributed by atoms with Crippen molar-refractivity contribution in [3.63, 3.8) is 0 Å². The van der Waals surface area contributed by atoms with Gasteiger partial charge in [-0.2, -0.15) is 10.5 Å². The van der Waals surface area contributed by atoms with Crippen LogP contribution < -0.4 is 0 Å². The lowest BCUT2D eigenvalue weighted by molar-refractivity contribution is -0.153. The minimum absolute atomic E-state index is 0.0369. The molecule has 2 atom stereocenters. The van der Waals surface area contributed by atoms with Gasteiger partial charge < -0.3 is 9.47 Å². The van der Waals surface area contributed by atoms with E-state index in [1.54, 1.807) is 36.7 Å². The first-order valence-corrected chi connectivity index (χ1v) is 20.9. The molecule has 0 saturated carbocycles. The summed E-state index contributed by atoms with van der Waals surface area (Å²) >= 11 is 3.12. The van der Waals surface area contributed by atoms with Crippen molar-refractivity contribution in [2.75, 3.05) is 13.2 Å². The Kier molecular flexibility index (Phi) is 11.0. The van der Waals surface area contributed by atoms with Crippen molar-refractivity contribution in [2.24, 2.45) is 5.41 Å². The van der Waals surface area contributed by atoms with Crippen LogP contribution in [-0.4, -0.2) is 35.1 Å². The lowest BCUT2D eigenvalue weighted by Crippen LogP contribution is -2.28. The predicted octanol–water partition coefficient (Wildman–Crippen LogP) is 12.2. The molecule has 294 valence electrons. The molecule has 4 aromatic heterocycles. The SMILES string of the molecule is CCOC(=O)CC(C)c1cc2cncc(-c3ccc(C#N)c4ccccc34)c2s1.[2H]C([2H])([2H])C(C)(Cc1cc2c(-c3ccc(C#N)c4ccccc34)cncc2s1)C(=O)OCC. The third kappa shape index (κ3) is 8.42. The van der Waals surface area contributed by atoms with E-state index in [1.807, 2.05) is 99.0 Å². The summed E-state index contributed by atoms with van der Waals surface area (Å²) in [6.45, 7) is 4.98. The van der Waals surface area contributed by atoms with Gasteiger partial charge in [0, 0.05) is 81.9 Å². The number of hydrogen-bond acceptors (Lipinski definition) is 10. The first kappa shape index (κ1) is 36.9. The minimum Gasteiger partial charge on any atom is -0.466 e. The lowest BCUT2D eigenvalue weighted by atomic mass is 9.88. The van der Waals surface area contributed by atoms with E-state index >= 15 is 0 Å². The second kappa shape index (κ2) is 17.6. The highest BCUT2D eigenvalue weighted by molar-refractivity contribution is 7.19. The van der Waals surface area contributed by atoms with Crippen molar-refractivity contribution in [3.8, 4) is 34.4 Å². The molecule has 8 nitrogen and oxygen atoms in total. The maximum atomic E-state index is 12.6. The molecule has 0 spiro atoms. The summed E-state index contributed by atoms with van der Waals surface area (Å²) in [5, 5.41) is 24.7. The highest BCUT2D eigenvalue weighted by Gasteiger charge is 2.30. The number of fused-ring (bicyclic) bond motifs is 4. The fraction of sp³-hybridized carbons (Fsp3) is 0.224. The van der Waals surface area contributed by atoms with E-state index in [0.717, 1.165) is 73.7 Å². The van der Waals surface area contributed by atoms with Crippen LogP contribution in [-0.2, 0) is 25.5 Å². The summed E-state index contributed by atoms with van der Waals surface area (Å²) in [4.78, 5) is 35.3. The number of pyridine rings is 2. The van der Waals surface area contributed by atoms with Crippen LogP contribution in [0.4, 0.5) is 0 Å². The highest BCUT2D eigenvalue weighted by Crippen LogP contribution is 2.41. The molecule has 0 aliphatic carbocycles. The van der Waals surface area contributed by atoms with Crippen molar-refractivity contribution in [2.45, 2.75) is 53.3 Å². The third-order valence-corrected chi connectivity index (χ3v) is 12.6. The van der Waals surface area contributed by atoms with Crippen molar-refractivity contribution in [1.29, 1.82) is 10.5 Å². The molecule has 0 aliphatic heterocycles. The molecule has 0 saturated heterocycles. The second-order valence-electron chi connectivity index (χ2n) is 14.3. The zero-order valence-electron chi connectivity index (χ0n) is 36.0. The number of carbonyl (C=O) groups is 2. The van der Waals surface area contributed by atoms with Gasteiger partial charge in [-0.3, -0.25) is 19.6 Å². The number of thiophene rings is 2. The van der Waals surface area contributed by atoms with Crippen molar-refractivity contribution in [3.05, 3.63) is 131 Å². The number of esters is 2. The lowest BCUT2D eigenvalue weighted by Gasteiger charge is -2.21. The highest BCUT2D eigenvalue weighted by atomic mass is 32.1. The standard InChI is InChI=1S/C25H22N2O2S.C24H20N2O2S/c1-4-29-24(28)25(2,3)12-17-11-21-22(14-27-15-23(21)30-17)20-10-9-16(13-26)18-7-5-6-8-19(18)20;1-3-28-23(27)10-15(2)22-11-17-13-26-14-21(24(17)29-22)20-9-8-16(12-25)18-6-4-5-7-19(18)20/h5-11,14-15H,4,12H2,1-3H3;4-9,11,13-15H,3,10H2,1-2H3/i2D3;. The van der Waals surface area contributed by atoms with Gasteiger partial charge in [0.2, 0.25) is 0 Å². The normalized spacial score (nSPS) is 13.6. The number of hydrogen-bond donors (Lipinski definition) is 0. The second-order valence-corrected chi connectivity index (χ2v) is 16.6. The Morgan fingerprint density at radius 3 is 1.95 bits per heavy atom. The Labute approximate surface area is 355 Å². The summed E-state index contributed by atoms with van der Waals surface area (Å²) in [5.41, 5.74) is 3.55. The van der Waals surface area contributed by atoms with Crippen LogP contribution in [0.2, 0.25) is 0 Å². The first-order valence-electron chi connectivity index (χ1n) is 20.7. The largest absolute Gasteiger partial charge is 0.466 e. The minimum atomic E-state index is -2.51. The van der Waals surface area contributed by atoms with Gasteiger partial charge in [-0.05, 0) is 80.2 Å². The fourth-order valence-corrected chi connectivity index (χ4v) is 9.70. The van der Waals surface area contributed by atoms with Crippen LogP contribution in [0.5, 0.6) is 0 Å². The van der Waals surface area contributed by atoms with Gasteiger partial charge in [-0.15, -0.1) is 22.7 Å². The van der Waals surface area contributed by atoms with E-state index in [1.165, 1.54) is 18.3 Å². The Morgan fingerprint density at radius 1 is 0.746 bits per heavy atom. The number of nitriles is 2. The molecule has 4 aromatic carbocycles. The van der Waals surface area contributed by atoms with Gasteiger partial charge in [0.05, 0.1) is 53.0 Å². The van der Waals surface area contributed by atoms with E-state index < -0.39 is 18.2 Å². The molecule has 0 amide bonds. The predicted molar refractivity (Wildman–Crippen MR) is 238 cm³/mol. The van der Waals surface area contributed by atoms with Gasteiger partial charge in [0.25, 0.3) is 0 Å². The van der Waals surface area contributed by atoms with Crippen LogP contribution in [0, 0.1) is 28.1 Å². The molecule has 0 N–H and O–H groups in total. The summed E-state index contributed by atoms with van der Waals surface area (Å²) in [6, 6.07) is 31.9. The number of rotatable bonds is 10. The number of aromatic nitrogens is 2.